The van der Waals surface area contributed by atoms with Crippen LogP contribution in [-0.2, 0) is 14.3 Å². The minimum Gasteiger partial charge on any atom is -0.466 e. The second-order valence-corrected chi connectivity index (χ2v) is 6.29. The third kappa shape index (κ3) is 3.47. The molecule has 2 rings (SSSR count). The van der Waals surface area contributed by atoms with E-state index in [1.54, 1.807) is 4.90 Å². The van der Waals surface area contributed by atoms with Gasteiger partial charge in [0.25, 0.3) is 5.91 Å². The maximum Gasteiger partial charge on any atom is 0.331 e. The molecule has 0 radical (unpaired) electrons. The van der Waals surface area contributed by atoms with Crippen molar-refractivity contribution >= 4 is 34.5 Å². The number of anilines is 1. The van der Waals surface area contributed by atoms with Gasteiger partial charge in [0.1, 0.15) is 0 Å². The van der Waals surface area contributed by atoms with Gasteiger partial charge in [-0.05, 0) is 50.6 Å². The predicted octanol–water partition coefficient (Wildman–Crippen LogP) is 3.12. The molecule has 0 bridgehead atoms. The number of ether oxygens (including phenoxy) is 1. The zero-order valence-electron chi connectivity index (χ0n) is 14.0. The highest BCUT2D eigenvalue weighted by Crippen LogP contribution is 2.38. The van der Waals surface area contributed by atoms with Crippen molar-refractivity contribution < 1.29 is 14.3 Å². The van der Waals surface area contributed by atoms with Crippen molar-refractivity contribution in [1.82, 2.24) is 0 Å². The molecule has 23 heavy (non-hydrogen) atoms. The van der Waals surface area contributed by atoms with E-state index in [9.17, 15) is 9.59 Å². The lowest BCUT2D eigenvalue weighted by atomic mass is 10.0. The van der Waals surface area contributed by atoms with Crippen LogP contribution in [-0.4, -0.2) is 30.7 Å². The Hall–Kier alpha value is -2.08. The summed E-state index contributed by atoms with van der Waals surface area (Å²) >= 11 is 1.20. The van der Waals surface area contributed by atoms with Gasteiger partial charge in [0, 0.05) is 12.6 Å². The number of aliphatic imine (C=N–C) groups is 1. The maximum absolute atomic E-state index is 12.8. The van der Waals surface area contributed by atoms with Crippen LogP contribution in [0.15, 0.2) is 28.1 Å². The van der Waals surface area contributed by atoms with Crippen molar-refractivity contribution in [1.29, 1.82) is 0 Å². The molecule has 6 heteroatoms. The number of hydrogen-bond donors (Lipinski definition) is 0. The fourth-order valence-electron chi connectivity index (χ4n) is 2.60. The number of carbonyl (C=O) groups is 2. The van der Waals surface area contributed by atoms with E-state index >= 15 is 0 Å². The highest BCUT2D eigenvalue weighted by Gasteiger charge is 2.36. The average molecular weight is 332 g/mol. The molecule has 1 aliphatic heterocycles. The molecule has 1 aromatic carbocycles. The fraction of sp³-hybridized carbons (Fsp3) is 0.353. The van der Waals surface area contributed by atoms with E-state index in [0.29, 0.717) is 16.6 Å². The third-order valence-corrected chi connectivity index (χ3v) is 4.42. The van der Waals surface area contributed by atoms with Crippen LogP contribution in [0.1, 0.15) is 23.6 Å². The molecule has 0 N–H and O–H groups in total. The molecule has 0 aromatic heterocycles. The van der Waals surface area contributed by atoms with E-state index in [0.717, 1.165) is 22.4 Å². The number of aryl methyl sites for hydroxylation is 3. The van der Waals surface area contributed by atoms with Gasteiger partial charge in [-0.3, -0.25) is 14.7 Å². The van der Waals surface area contributed by atoms with E-state index in [2.05, 4.69) is 9.73 Å². The molecule has 0 unspecified atom stereocenters. The monoisotopic (exact) mass is 332 g/mol. The summed E-state index contributed by atoms with van der Waals surface area (Å²) in [5.74, 6) is -0.793. The SMILES string of the molecule is CCN=C1SC(=CC(=O)OC)C(=O)N1c1c(C)cc(C)cc1C. The second kappa shape index (κ2) is 7.00. The Morgan fingerprint density at radius 2 is 1.91 bits per heavy atom. The standard InChI is InChI=1S/C17H20N2O3S/c1-6-18-17-19(15-11(3)7-10(2)8-12(15)4)16(21)13(23-17)9-14(20)22-5/h7-9H,6H2,1-5H3. The van der Waals surface area contributed by atoms with Gasteiger partial charge in [-0.15, -0.1) is 0 Å². The second-order valence-electron chi connectivity index (χ2n) is 5.28. The van der Waals surface area contributed by atoms with Crippen LogP contribution in [0.25, 0.3) is 0 Å². The Labute approximate surface area is 140 Å². The first kappa shape index (κ1) is 17.3. The molecule has 0 aliphatic carbocycles. The molecule has 0 spiro atoms. The molecule has 1 saturated heterocycles. The summed E-state index contributed by atoms with van der Waals surface area (Å²) in [5.41, 5.74) is 3.97. The predicted molar refractivity (Wildman–Crippen MR) is 93.8 cm³/mol. The van der Waals surface area contributed by atoms with Crippen LogP contribution in [0, 0.1) is 20.8 Å². The minimum atomic E-state index is -0.545. The quantitative estimate of drug-likeness (QED) is 0.630. The zero-order chi connectivity index (χ0) is 17.1. The normalized spacial score (nSPS) is 18.1. The molecule has 1 fully saturated rings. The number of esters is 1. The van der Waals surface area contributed by atoms with Crippen molar-refractivity contribution in [3.63, 3.8) is 0 Å². The van der Waals surface area contributed by atoms with Crippen LogP contribution in [0.4, 0.5) is 5.69 Å². The van der Waals surface area contributed by atoms with Crippen molar-refractivity contribution in [2.75, 3.05) is 18.6 Å². The first-order valence-corrected chi connectivity index (χ1v) is 8.15. The van der Waals surface area contributed by atoms with Crippen molar-refractivity contribution in [2.24, 2.45) is 4.99 Å². The third-order valence-electron chi connectivity index (χ3n) is 3.41. The summed E-state index contributed by atoms with van der Waals surface area (Å²) in [7, 11) is 1.29. The van der Waals surface area contributed by atoms with Crippen LogP contribution in [0.5, 0.6) is 0 Å². The van der Waals surface area contributed by atoms with E-state index in [1.807, 2.05) is 39.8 Å². The van der Waals surface area contributed by atoms with Crippen LogP contribution >= 0.6 is 11.8 Å². The molecule has 1 aromatic rings. The van der Waals surface area contributed by atoms with Gasteiger partial charge in [-0.2, -0.15) is 0 Å². The smallest absolute Gasteiger partial charge is 0.331 e. The number of rotatable bonds is 3. The van der Waals surface area contributed by atoms with Crippen molar-refractivity contribution in [2.45, 2.75) is 27.7 Å². The average Bonchev–Trinajstić information content (AvgIpc) is 2.75. The molecular formula is C17H20N2O3S. The summed E-state index contributed by atoms with van der Waals surface area (Å²) in [6.07, 6.45) is 1.22. The number of hydrogen-bond acceptors (Lipinski definition) is 5. The van der Waals surface area contributed by atoms with Gasteiger partial charge in [0.15, 0.2) is 5.17 Å². The summed E-state index contributed by atoms with van der Waals surface area (Å²) in [5, 5.41) is 0.586. The Kier molecular flexibility index (Phi) is 5.26. The highest BCUT2D eigenvalue weighted by atomic mass is 32.2. The first-order chi connectivity index (χ1) is 10.9. The Bertz CT molecular complexity index is 700. The molecule has 5 nitrogen and oxygen atoms in total. The van der Waals surface area contributed by atoms with Gasteiger partial charge in [0.2, 0.25) is 0 Å². The van der Waals surface area contributed by atoms with Crippen LogP contribution in [0.2, 0.25) is 0 Å². The number of benzene rings is 1. The van der Waals surface area contributed by atoms with Gasteiger partial charge in [-0.1, -0.05) is 17.7 Å². The summed E-state index contributed by atoms with van der Waals surface area (Å²) in [6.45, 7) is 8.43. The molecular weight excluding hydrogens is 312 g/mol. The number of amides is 1. The van der Waals surface area contributed by atoms with Gasteiger partial charge in [0.05, 0.1) is 17.7 Å². The summed E-state index contributed by atoms with van der Waals surface area (Å²) in [6, 6.07) is 4.07. The van der Waals surface area contributed by atoms with Crippen molar-refractivity contribution in [3.8, 4) is 0 Å². The van der Waals surface area contributed by atoms with Crippen LogP contribution < -0.4 is 4.90 Å². The lowest BCUT2D eigenvalue weighted by Gasteiger charge is -2.21. The minimum absolute atomic E-state index is 0.248. The lowest BCUT2D eigenvalue weighted by molar-refractivity contribution is -0.135. The Balaban J connectivity index is 2.56. The summed E-state index contributed by atoms with van der Waals surface area (Å²) in [4.78, 5) is 30.6. The van der Waals surface area contributed by atoms with Crippen LogP contribution in [0.3, 0.4) is 0 Å². The zero-order valence-corrected chi connectivity index (χ0v) is 14.8. The number of amidine groups is 1. The fourth-order valence-corrected chi connectivity index (χ4v) is 3.59. The molecule has 1 aliphatic rings. The number of thioether (sulfide) groups is 1. The Morgan fingerprint density at radius 3 is 2.43 bits per heavy atom. The Morgan fingerprint density at radius 1 is 1.30 bits per heavy atom. The topological polar surface area (TPSA) is 59.0 Å². The molecule has 122 valence electrons. The lowest BCUT2D eigenvalue weighted by Crippen LogP contribution is -2.30. The van der Waals surface area contributed by atoms with Gasteiger partial charge < -0.3 is 4.74 Å². The highest BCUT2D eigenvalue weighted by molar-refractivity contribution is 8.19. The maximum atomic E-state index is 12.8. The number of methoxy groups -OCH3 is 1. The van der Waals surface area contributed by atoms with Gasteiger partial charge >= 0.3 is 5.97 Å². The molecule has 0 saturated carbocycles. The van der Waals surface area contributed by atoms with E-state index in [1.165, 1.54) is 24.9 Å². The van der Waals surface area contributed by atoms with Gasteiger partial charge in [-0.25, -0.2) is 4.79 Å². The largest absolute Gasteiger partial charge is 0.466 e. The van der Waals surface area contributed by atoms with E-state index in [4.69, 9.17) is 0 Å². The summed E-state index contributed by atoms with van der Waals surface area (Å²) < 4.78 is 4.62. The molecule has 1 amide bonds. The van der Waals surface area contributed by atoms with Crippen molar-refractivity contribution in [3.05, 3.63) is 39.8 Å². The molecule has 1 heterocycles. The van der Waals surface area contributed by atoms with E-state index < -0.39 is 5.97 Å². The van der Waals surface area contributed by atoms with E-state index in [-0.39, 0.29) is 5.91 Å². The molecule has 0 atom stereocenters. The first-order valence-electron chi connectivity index (χ1n) is 7.33. The number of carbonyl (C=O) groups excluding carboxylic acids is 2. The number of nitrogens with zero attached hydrogens (tertiary/aromatic N) is 2.